The molecular formula is C40H48N8O13. The van der Waals surface area contributed by atoms with Crippen LogP contribution in [-0.2, 0) is 33.0 Å². The summed E-state index contributed by atoms with van der Waals surface area (Å²) in [6, 6.07) is 3.76. The number of hydrogen-bond donors (Lipinski definition) is 6. The fourth-order valence-electron chi connectivity index (χ4n) is 6.38. The molecule has 0 saturated heterocycles. The van der Waals surface area contributed by atoms with Crippen molar-refractivity contribution in [3.63, 3.8) is 0 Å². The van der Waals surface area contributed by atoms with Crippen LogP contribution in [0.4, 0.5) is 0 Å². The predicted molar refractivity (Wildman–Crippen MR) is 218 cm³/mol. The maximum atomic E-state index is 14.0. The molecule has 21 nitrogen and oxygen atoms in total. The molecule has 4 aromatic rings. The third-order valence-electron chi connectivity index (χ3n) is 9.97. The fraction of sp³-hybridized carbons (Fsp3) is 0.375. The van der Waals surface area contributed by atoms with Gasteiger partial charge in [-0.1, -0.05) is 0 Å². The molecule has 326 valence electrons. The van der Waals surface area contributed by atoms with Crippen molar-refractivity contribution in [1.82, 2.24) is 38.7 Å². The standard InChI is InChI=1S/C40H48N8O13/c1-23(49)28(48(36(57)27-13-22-46(5)40(61)32(27)53)18-8-15-42-34(55)25-11-20-44(3)38(59)30(25)51)9-6-16-47(35(56)26-12-21-45(4)39(60)31(26)52)17-7-14-41-33(54)24-10-19-43(2)37(58)29(24)50/h10-13,19-22,28,50-53H,6-9,14-18H2,1-5H3,(H,41,54)(H,42,55). The van der Waals surface area contributed by atoms with E-state index >= 15 is 0 Å². The summed E-state index contributed by atoms with van der Waals surface area (Å²) in [5.41, 5.74) is -4.54. The summed E-state index contributed by atoms with van der Waals surface area (Å²) in [5, 5.41) is 46.7. The zero-order valence-electron chi connectivity index (χ0n) is 34.2. The van der Waals surface area contributed by atoms with E-state index in [4.69, 9.17) is 0 Å². The number of aromatic hydroxyl groups is 4. The molecule has 4 amide bonds. The van der Waals surface area contributed by atoms with Crippen LogP contribution in [0.25, 0.3) is 0 Å². The Morgan fingerprint density at radius 2 is 0.885 bits per heavy atom. The molecule has 0 aromatic carbocycles. The number of hydrogen-bond acceptors (Lipinski definition) is 13. The first-order valence-electron chi connectivity index (χ1n) is 19.0. The third kappa shape index (κ3) is 10.6. The van der Waals surface area contributed by atoms with E-state index < -0.39 is 86.3 Å². The predicted octanol–water partition coefficient (Wildman–Crippen LogP) is -0.734. The molecule has 0 aliphatic heterocycles. The summed E-state index contributed by atoms with van der Waals surface area (Å²) in [4.78, 5) is 118. The van der Waals surface area contributed by atoms with E-state index in [0.29, 0.717) is 0 Å². The number of aromatic nitrogens is 4. The Kier molecular flexibility index (Phi) is 15.2. The minimum absolute atomic E-state index is 0.0202. The second-order valence-electron chi connectivity index (χ2n) is 14.3. The monoisotopic (exact) mass is 848 g/mol. The summed E-state index contributed by atoms with van der Waals surface area (Å²) in [6.45, 7) is 0.703. The zero-order chi connectivity index (χ0) is 45.3. The molecule has 6 N–H and O–H groups in total. The number of pyridine rings is 4. The van der Waals surface area contributed by atoms with Gasteiger partial charge in [-0.2, -0.15) is 0 Å². The Labute approximate surface area is 347 Å². The van der Waals surface area contributed by atoms with Crippen LogP contribution < -0.4 is 32.9 Å². The first-order chi connectivity index (χ1) is 28.8. The van der Waals surface area contributed by atoms with Gasteiger partial charge in [0.1, 0.15) is 0 Å². The lowest BCUT2D eigenvalue weighted by Crippen LogP contribution is -2.46. The normalized spacial score (nSPS) is 11.4. The van der Waals surface area contributed by atoms with Gasteiger partial charge in [0.15, 0.2) is 28.8 Å². The van der Waals surface area contributed by atoms with Crippen LogP contribution in [0.5, 0.6) is 23.0 Å². The summed E-state index contributed by atoms with van der Waals surface area (Å²) in [7, 11) is 5.53. The van der Waals surface area contributed by atoms with Gasteiger partial charge in [-0.05, 0) is 56.9 Å². The largest absolute Gasteiger partial charge is 0.502 e. The zero-order valence-corrected chi connectivity index (χ0v) is 34.2. The second kappa shape index (κ2) is 20.0. The van der Waals surface area contributed by atoms with E-state index in [1.165, 1.54) is 89.1 Å². The molecule has 0 spiro atoms. The van der Waals surface area contributed by atoms with Gasteiger partial charge in [-0.15, -0.1) is 0 Å². The van der Waals surface area contributed by atoms with Crippen molar-refractivity contribution in [2.75, 3.05) is 32.7 Å². The molecule has 0 aliphatic carbocycles. The van der Waals surface area contributed by atoms with E-state index in [9.17, 15) is 63.6 Å². The van der Waals surface area contributed by atoms with Crippen LogP contribution in [-0.4, -0.2) is 117 Å². The van der Waals surface area contributed by atoms with Gasteiger partial charge in [-0.3, -0.25) is 43.2 Å². The van der Waals surface area contributed by atoms with Gasteiger partial charge in [-0.25, -0.2) is 0 Å². The number of ketones is 1. The first kappa shape index (κ1) is 46.2. The van der Waals surface area contributed by atoms with Crippen molar-refractivity contribution < 1.29 is 44.4 Å². The molecule has 0 bridgehead atoms. The van der Waals surface area contributed by atoms with Crippen LogP contribution in [0.15, 0.2) is 68.2 Å². The lowest BCUT2D eigenvalue weighted by molar-refractivity contribution is -0.121. The summed E-state index contributed by atoms with van der Waals surface area (Å²) in [5.74, 6) is -6.87. The highest BCUT2D eigenvalue weighted by atomic mass is 16.3. The molecule has 0 radical (unpaired) electrons. The highest BCUT2D eigenvalue weighted by Crippen LogP contribution is 2.21. The highest BCUT2D eigenvalue weighted by molar-refractivity contribution is 6.00. The van der Waals surface area contributed by atoms with E-state index in [1.54, 1.807) is 0 Å². The molecule has 0 aliphatic rings. The van der Waals surface area contributed by atoms with Crippen LogP contribution in [0.3, 0.4) is 0 Å². The smallest absolute Gasteiger partial charge is 0.293 e. The third-order valence-corrected chi connectivity index (χ3v) is 9.97. The van der Waals surface area contributed by atoms with Crippen molar-refractivity contribution in [3.05, 3.63) is 113 Å². The second-order valence-corrected chi connectivity index (χ2v) is 14.3. The minimum Gasteiger partial charge on any atom is -0.502 e. The number of aryl methyl sites for hydroxylation is 4. The van der Waals surface area contributed by atoms with Crippen LogP contribution in [0.1, 0.15) is 74.0 Å². The van der Waals surface area contributed by atoms with E-state index in [-0.39, 0.29) is 75.1 Å². The summed E-state index contributed by atoms with van der Waals surface area (Å²) >= 11 is 0. The van der Waals surface area contributed by atoms with Crippen LogP contribution in [0, 0.1) is 0 Å². The number of Topliss-reactive ketones (excluding diaryl/α,β-unsaturated/α-hetero) is 1. The number of carbonyl (C=O) groups excluding carboxylic acids is 5. The van der Waals surface area contributed by atoms with Crippen LogP contribution in [0.2, 0.25) is 0 Å². The summed E-state index contributed by atoms with van der Waals surface area (Å²) in [6.07, 6.45) is 5.25. The minimum atomic E-state index is -1.20. The van der Waals surface area contributed by atoms with Crippen molar-refractivity contribution in [2.24, 2.45) is 28.2 Å². The van der Waals surface area contributed by atoms with Gasteiger partial charge < -0.3 is 59.1 Å². The number of rotatable bonds is 18. The molecule has 4 aromatic heterocycles. The van der Waals surface area contributed by atoms with Crippen molar-refractivity contribution >= 4 is 29.4 Å². The topological polar surface area (TPSA) is 285 Å². The molecule has 1 atom stereocenters. The Balaban J connectivity index is 1.55. The Hall–Kier alpha value is -7.45. The van der Waals surface area contributed by atoms with Gasteiger partial charge in [0.25, 0.3) is 45.9 Å². The quantitative estimate of drug-likeness (QED) is 0.0675. The van der Waals surface area contributed by atoms with Gasteiger partial charge in [0.2, 0.25) is 0 Å². The lowest BCUT2D eigenvalue weighted by atomic mass is 10.0. The average molecular weight is 849 g/mol. The maximum Gasteiger partial charge on any atom is 0.293 e. The SMILES string of the molecule is CC(=O)C(CCCN(CCCNC(=O)c1ccn(C)c(=O)c1O)C(=O)c1ccn(C)c(=O)c1O)N(CCCNC(=O)c1ccn(C)c(=O)c1O)C(=O)c1ccn(C)c(=O)c1O. The molecule has 4 heterocycles. The molecule has 1 unspecified atom stereocenters. The summed E-state index contributed by atoms with van der Waals surface area (Å²) < 4.78 is 4.29. The number of amides is 4. The van der Waals surface area contributed by atoms with Gasteiger partial charge in [0, 0.05) is 85.7 Å². The van der Waals surface area contributed by atoms with E-state index in [0.717, 1.165) is 23.2 Å². The lowest BCUT2D eigenvalue weighted by Gasteiger charge is -2.31. The van der Waals surface area contributed by atoms with Crippen molar-refractivity contribution in [1.29, 1.82) is 0 Å². The first-order valence-corrected chi connectivity index (χ1v) is 19.0. The van der Waals surface area contributed by atoms with E-state index in [1.807, 2.05) is 0 Å². The van der Waals surface area contributed by atoms with Gasteiger partial charge in [0.05, 0.1) is 28.3 Å². The average Bonchev–Trinajstić information content (AvgIpc) is 3.22. The maximum absolute atomic E-state index is 14.0. The Morgan fingerprint density at radius 3 is 1.30 bits per heavy atom. The highest BCUT2D eigenvalue weighted by Gasteiger charge is 2.31. The Morgan fingerprint density at radius 1 is 0.541 bits per heavy atom. The molecule has 61 heavy (non-hydrogen) atoms. The number of carbonyl (C=O) groups is 5. The van der Waals surface area contributed by atoms with E-state index in [2.05, 4.69) is 10.6 Å². The molecule has 21 heteroatoms. The van der Waals surface area contributed by atoms with Crippen molar-refractivity contribution in [2.45, 2.75) is 38.6 Å². The van der Waals surface area contributed by atoms with Crippen LogP contribution >= 0.6 is 0 Å². The van der Waals surface area contributed by atoms with Crippen molar-refractivity contribution in [3.8, 4) is 23.0 Å². The molecule has 0 saturated carbocycles. The fourth-order valence-corrected chi connectivity index (χ4v) is 6.38. The van der Waals surface area contributed by atoms with Gasteiger partial charge >= 0.3 is 0 Å². The Bertz CT molecular complexity index is 2590. The number of nitrogens with one attached hydrogen (secondary N) is 2. The molecule has 4 rings (SSSR count). The number of nitrogens with zero attached hydrogens (tertiary/aromatic N) is 6. The molecular weight excluding hydrogens is 800 g/mol. The molecule has 0 fully saturated rings.